The Morgan fingerprint density at radius 1 is 0.831 bits per heavy atom. The highest BCUT2D eigenvalue weighted by atomic mass is 16.5. The van der Waals surface area contributed by atoms with Crippen molar-refractivity contribution in [3.05, 3.63) is 83.6 Å². The molecular formula is C40H42N10O9. The van der Waals surface area contributed by atoms with Crippen molar-refractivity contribution in [1.82, 2.24) is 25.5 Å². The van der Waals surface area contributed by atoms with Gasteiger partial charge in [0.15, 0.2) is 5.82 Å². The maximum absolute atomic E-state index is 13.2. The minimum atomic E-state index is -1.04. The second-order valence-electron chi connectivity index (χ2n) is 13.6. The van der Waals surface area contributed by atoms with Crippen molar-refractivity contribution >= 4 is 75.8 Å². The van der Waals surface area contributed by atoms with E-state index >= 15 is 0 Å². The van der Waals surface area contributed by atoms with Crippen LogP contribution in [-0.4, -0.2) is 117 Å². The first-order valence-electron chi connectivity index (χ1n) is 18.8. The molecule has 19 nitrogen and oxygen atoms in total. The number of hydrogen-bond donors (Lipinski definition) is 5. The van der Waals surface area contributed by atoms with Crippen LogP contribution < -0.4 is 41.1 Å². The number of carbonyl (C=O) groups is 6. The highest BCUT2D eigenvalue weighted by molar-refractivity contribution is 6.25. The molecule has 0 bridgehead atoms. The fraction of sp³-hybridized carbons (Fsp3) is 0.300. The largest absolute Gasteiger partial charge is 0.494 e. The molecule has 1 aromatic heterocycles. The molecule has 19 heteroatoms. The Kier molecular flexibility index (Phi) is 11.9. The topological polar surface area (TPSA) is 226 Å². The van der Waals surface area contributed by atoms with Crippen LogP contribution in [0.5, 0.6) is 5.75 Å². The lowest BCUT2D eigenvalue weighted by atomic mass is 10.0. The Labute approximate surface area is 338 Å². The number of ether oxygens (including phenoxy) is 3. The van der Waals surface area contributed by atoms with E-state index in [9.17, 15) is 28.8 Å². The Bertz CT molecular complexity index is 2320. The molecule has 0 radical (unpaired) electrons. The van der Waals surface area contributed by atoms with E-state index in [1.807, 2.05) is 30.1 Å². The fourth-order valence-corrected chi connectivity index (χ4v) is 6.91. The Morgan fingerprint density at radius 2 is 1.59 bits per heavy atom. The molecule has 59 heavy (non-hydrogen) atoms. The van der Waals surface area contributed by atoms with Gasteiger partial charge in [-0.2, -0.15) is 4.98 Å². The van der Waals surface area contributed by atoms with Gasteiger partial charge >= 0.3 is 6.03 Å². The molecule has 3 aromatic carbocycles. The summed E-state index contributed by atoms with van der Waals surface area (Å²) in [7, 11) is 5.03. The van der Waals surface area contributed by atoms with Gasteiger partial charge in [0.2, 0.25) is 17.8 Å². The predicted octanol–water partition coefficient (Wildman–Crippen LogP) is 3.25. The molecule has 306 valence electrons. The molecule has 7 rings (SSSR count). The van der Waals surface area contributed by atoms with Gasteiger partial charge in [0.25, 0.3) is 17.7 Å². The number of imide groups is 2. The number of carbonyl (C=O) groups excluding carboxylic acids is 6. The average Bonchev–Trinajstić information content (AvgIpc) is 3.46. The van der Waals surface area contributed by atoms with Crippen LogP contribution in [0.3, 0.4) is 0 Å². The highest BCUT2D eigenvalue weighted by Crippen LogP contribution is 2.39. The smallest absolute Gasteiger partial charge is 0.319 e. The number of amides is 7. The van der Waals surface area contributed by atoms with Gasteiger partial charge in [-0.25, -0.2) is 9.78 Å². The van der Waals surface area contributed by atoms with E-state index in [0.29, 0.717) is 46.4 Å². The van der Waals surface area contributed by atoms with Gasteiger partial charge in [-0.3, -0.25) is 34.2 Å². The second-order valence-corrected chi connectivity index (χ2v) is 13.6. The van der Waals surface area contributed by atoms with E-state index in [0.717, 1.165) is 10.6 Å². The zero-order valence-electron chi connectivity index (χ0n) is 32.5. The number of methoxy groups -OCH3 is 1. The van der Waals surface area contributed by atoms with E-state index in [1.165, 1.54) is 18.1 Å². The number of hydrogen-bond acceptors (Lipinski definition) is 14. The number of urea groups is 1. The van der Waals surface area contributed by atoms with Gasteiger partial charge in [-0.1, -0.05) is 18.2 Å². The van der Waals surface area contributed by atoms with Crippen molar-refractivity contribution in [2.75, 3.05) is 86.5 Å². The second kappa shape index (κ2) is 17.6. The van der Waals surface area contributed by atoms with Crippen LogP contribution >= 0.6 is 0 Å². The lowest BCUT2D eigenvalue weighted by molar-refractivity contribution is -0.136. The van der Waals surface area contributed by atoms with Crippen LogP contribution in [0.4, 0.5) is 45.0 Å². The van der Waals surface area contributed by atoms with Crippen molar-refractivity contribution in [3.8, 4) is 5.75 Å². The minimum Gasteiger partial charge on any atom is -0.494 e. The number of para-hydroxylation sites is 1. The third kappa shape index (κ3) is 8.46. The van der Waals surface area contributed by atoms with Gasteiger partial charge in [-0.15, -0.1) is 0 Å². The van der Waals surface area contributed by atoms with Crippen LogP contribution in [0.15, 0.2) is 66.9 Å². The lowest BCUT2D eigenvalue weighted by Crippen LogP contribution is -2.54. The summed E-state index contributed by atoms with van der Waals surface area (Å²) in [6.07, 6.45) is 1.71. The first-order valence-corrected chi connectivity index (χ1v) is 18.8. The number of aromatic nitrogens is 2. The lowest BCUT2D eigenvalue weighted by Gasteiger charge is -2.27. The van der Waals surface area contributed by atoms with Gasteiger partial charge in [0, 0.05) is 51.0 Å². The molecule has 4 heterocycles. The third-order valence-electron chi connectivity index (χ3n) is 9.87. The summed E-state index contributed by atoms with van der Waals surface area (Å²) in [6, 6.07) is 15.8. The maximum atomic E-state index is 13.2. The van der Waals surface area contributed by atoms with E-state index in [2.05, 4.69) is 31.6 Å². The predicted molar refractivity (Wildman–Crippen MR) is 216 cm³/mol. The standard InChI is InChI=1S/C40H42N10O9/c1-48-28-10-5-4-7-24(28)36(53)49(2)30-22-43-39(47-34(30)48)45-26-12-11-23(21-31(26)57-3)44-40(56)42-16-18-59-20-19-58-17-15-41-27-9-6-8-25-33(27)38(55)50(37(25)54)29-13-14-32(51)46-35(29)52/h4-12,21-22,29,41H,13-20H2,1-3H3,(H2,42,44,56)(H,43,45,47)(H,46,51,52). The summed E-state index contributed by atoms with van der Waals surface area (Å²) in [5.41, 5.74) is 3.67. The first kappa shape index (κ1) is 40.1. The minimum absolute atomic E-state index is 0.0439. The van der Waals surface area contributed by atoms with Crippen molar-refractivity contribution in [2.24, 2.45) is 0 Å². The van der Waals surface area contributed by atoms with E-state index < -0.39 is 35.7 Å². The number of nitrogens with one attached hydrogen (secondary N) is 5. The molecule has 0 spiro atoms. The molecular weight excluding hydrogens is 765 g/mol. The highest BCUT2D eigenvalue weighted by Gasteiger charge is 2.45. The zero-order chi connectivity index (χ0) is 41.6. The van der Waals surface area contributed by atoms with Gasteiger partial charge in [0.05, 0.1) is 67.8 Å². The number of piperidine rings is 1. The summed E-state index contributed by atoms with van der Waals surface area (Å²) in [5, 5.41) is 14.0. The summed E-state index contributed by atoms with van der Waals surface area (Å²) < 4.78 is 16.8. The number of rotatable bonds is 15. The van der Waals surface area contributed by atoms with E-state index in [-0.39, 0.29) is 68.8 Å². The van der Waals surface area contributed by atoms with E-state index in [1.54, 1.807) is 49.6 Å². The molecule has 1 atom stereocenters. The van der Waals surface area contributed by atoms with Crippen LogP contribution in [0.1, 0.15) is 43.9 Å². The quantitative estimate of drug-likeness (QED) is 0.0859. The Hall–Kier alpha value is -7.12. The molecule has 0 aliphatic carbocycles. The SMILES string of the molecule is COc1cc(NC(=O)NCCOCCOCCNc2cccc3c2C(=O)N(C2CCC(=O)NC2=O)C3=O)ccc1Nc1ncc2c(n1)N(C)c1ccccc1C(=O)N2C. The summed E-state index contributed by atoms with van der Waals surface area (Å²) in [6.45, 7) is 1.63. The summed E-state index contributed by atoms with van der Waals surface area (Å²) in [4.78, 5) is 89.3. The van der Waals surface area contributed by atoms with E-state index in [4.69, 9.17) is 19.2 Å². The molecule has 3 aliphatic heterocycles. The number of nitrogens with zero attached hydrogens (tertiary/aromatic N) is 5. The van der Waals surface area contributed by atoms with Gasteiger partial charge in [0.1, 0.15) is 17.5 Å². The molecule has 1 saturated heterocycles. The fourth-order valence-electron chi connectivity index (χ4n) is 6.91. The molecule has 1 unspecified atom stereocenters. The van der Waals surface area contributed by atoms with Crippen molar-refractivity contribution < 1.29 is 43.0 Å². The molecule has 1 fully saturated rings. The molecule has 0 saturated carbocycles. The number of anilines is 7. The molecule has 3 aliphatic rings. The Morgan fingerprint density at radius 3 is 2.37 bits per heavy atom. The first-order chi connectivity index (χ1) is 28.5. The van der Waals surface area contributed by atoms with Crippen LogP contribution in [0.25, 0.3) is 0 Å². The Balaban J connectivity index is 0.811. The van der Waals surface area contributed by atoms with Crippen LogP contribution in [0, 0.1) is 0 Å². The van der Waals surface area contributed by atoms with Gasteiger partial charge < -0.3 is 45.3 Å². The molecule has 5 N–H and O–H groups in total. The third-order valence-corrected chi connectivity index (χ3v) is 9.87. The zero-order valence-corrected chi connectivity index (χ0v) is 32.5. The van der Waals surface area contributed by atoms with Crippen LogP contribution in [-0.2, 0) is 19.1 Å². The monoisotopic (exact) mass is 806 g/mol. The van der Waals surface area contributed by atoms with Crippen molar-refractivity contribution in [3.63, 3.8) is 0 Å². The number of benzene rings is 3. The molecule has 7 amide bonds. The van der Waals surface area contributed by atoms with Crippen LogP contribution in [0.2, 0.25) is 0 Å². The number of fused-ring (bicyclic) bond motifs is 3. The van der Waals surface area contributed by atoms with Crippen molar-refractivity contribution in [1.29, 1.82) is 0 Å². The average molecular weight is 807 g/mol. The van der Waals surface area contributed by atoms with Gasteiger partial charge in [-0.05, 0) is 42.8 Å². The summed E-state index contributed by atoms with van der Waals surface area (Å²) in [5.74, 6) is -1.18. The maximum Gasteiger partial charge on any atom is 0.319 e. The normalized spacial score (nSPS) is 15.9. The molecule has 4 aromatic rings. The summed E-state index contributed by atoms with van der Waals surface area (Å²) >= 11 is 0. The van der Waals surface area contributed by atoms with Crippen molar-refractivity contribution in [2.45, 2.75) is 18.9 Å².